The second-order valence-corrected chi connectivity index (χ2v) is 12.2. The molecule has 0 bridgehead atoms. The number of hydrogen-bond acceptors (Lipinski definition) is 1. The van der Waals surface area contributed by atoms with Crippen LogP contribution in [0.1, 0.15) is 52.4 Å². The van der Waals surface area contributed by atoms with Crippen molar-refractivity contribution in [2.75, 3.05) is 6.54 Å². The molecule has 3 heteroatoms. The van der Waals surface area contributed by atoms with Crippen LogP contribution in [0, 0.1) is 17.4 Å². The van der Waals surface area contributed by atoms with Gasteiger partial charge in [0, 0.05) is 19.0 Å². The van der Waals surface area contributed by atoms with Crippen molar-refractivity contribution in [1.29, 1.82) is 0 Å². The number of carbonyl (C=O) groups excluding carboxylic acids is 1. The van der Waals surface area contributed by atoms with Crippen LogP contribution in [0.25, 0.3) is 0 Å². The summed E-state index contributed by atoms with van der Waals surface area (Å²) >= 11 is 0. The number of rotatable bonds is 10. The zero-order chi connectivity index (χ0) is 17.6. The summed E-state index contributed by atoms with van der Waals surface area (Å²) in [4.78, 5) is 11.4. The number of nitrogens with one attached hydrogen (secondary N) is 1. The first-order chi connectivity index (χ1) is 10.8. The first-order valence-electron chi connectivity index (χ1n) is 8.92. The van der Waals surface area contributed by atoms with Gasteiger partial charge in [-0.05, 0) is 25.2 Å². The Morgan fingerprint density at radius 2 is 1.78 bits per heavy atom. The maximum absolute atomic E-state index is 11.4. The van der Waals surface area contributed by atoms with E-state index in [-0.39, 0.29) is 5.91 Å². The molecule has 23 heavy (non-hydrogen) atoms. The van der Waals surface area contributed by atoms with Crippen molar-refractivity contribution < 1.29 is 4.79 Å². The monoisotopic (exact) mass is 333 g/mol. The van der Waals surface area contributed by atoms with Crippen LogP contribution >= 0.6 is 0 Å². The molecule has 2 nitrogen and oxygen atoms in total. The predicted octanol–water partition coefficient (Wildman–Crippen LogP) is 5.09. The number of allylic oxidation sites excluding steroid dienone is 3. The van der Waals surface area contributed by atoms with Gasteiger partial charge in [0.2, 0.25) is 5.91 Å². The van der Waals surface area contributed by atoms with Gasteiger partial charge in [-0.2, -0.15) is 0 Å². The Balaban J connectivity index is 3.54. The van der Waals surface area contributed by atoms with Crippen LogP contribution in [0.3, 0.4) is 0 Å². The Hall–Kier alpha value is -1.27. The highest BCUT2D eigenvalue weighted by molar-refractivity contribution is 6.83. The summed E-state index contributed by atoms with van der Waals surface area (Å²) in [5, 5.41) is 2.86. The average Bonchev–Trinajstić information content (AvgIpc) is 2.45. The van der Waals surface area contributed by atoms with Crippen molar-refractivity contribution >= 4 is 14.0 Å². The van der Waals surface area contributed by atoms with E-state index in [0.29, 0.717) is 5.92 Å². The molecule has 0 aliphatic carbocycles. The maximum atomic E-state index is 11.4. The summed E-state index contributed by atoms with van der Waals surface area (Å²) in [5.41, 5.74) is 3.41. The van der Waals surface area contributed by atoms with Gasteiger partial charge in [-0.1, -0.05) is 64.6 Å². The van der Waals surface area contributed by atoms with E-state index < -0.39 is 8.07 Å². The number of unbranched alkanes of at least 4 members (excludes halogenated alkanes) is 5. The highest BCUT2D eigenvalue weighted by atomic mass is 28.3. The van der Waals surface area contributed by atoms with Gasteiger partial charge in [0.05, 0.1) is 0 Å². The number of carbonyl (C=O) groups is 1. The van der Waals surface area contributed by atoms with E-state index in [2.05, 4.69) is 56.3 Å². The molecule has 0 radical (unpaired) electrons. The summed E-state index contributed by atoms with van der Waals surface area (Å²) in [7, 11) is -1.18. The van der Waals surface area contributed by atoms with Crippen LogP contribution in [0.5, 0.6) is 0 Å². The van der Waals surface area contributed by atoms with Crippen molar-refractivity contribution in [2.45, 2.75) is 72.0 Å². The Kier molecular flexibility index (Phi) is 12.5. The lowest BCUT2D eigenvalue weighted by Gasteiger charge is -2.03. The van der Waals surface area contributed by atoms with Crippen LogP contribution in [-0.2, 0) is 4.79 Å². The molecule has 0 spiro atoms. The maximum Gasteiger partial charge on any atom is 0.243 e. The van der Waals surface area contributed by atoms with E-state index >= 15 is 0 Å². The minimum Gasteiger partial charge on any atom is -0.352 e. The van der Waals surface area contributed by atoms with E-state index in [4.69, 9.17) is 0 Å². The minimum absolute atomic E-state index is 0.0113. The van der Waals surface area contributed by atoms with E-state index in [0.717, 1.165) is 19.4 Å². The van der Waals surface area contributed by atoms with Crippen LogP contribution < -0.4 is 5.32 Å². The van der Waals surface area contributed by atoms with E-state index in [1.54, 1.807) is 6.08 Å². The highest BCUT2D eigenvalue weighted by Crippen LogP contribution is 2.06. The van der Waals surface area contributed by atoms with Crippen molar-refractivity contribution in [1.82, 2.24) is 5.32 Å². The smallest absolute Gasteiger partial charge is 0.243 e. The van der Waals surface area contributed by atoms with Crippen molar-refractivity contribution in [2.24, 2.45) is 5.92 Å². The molecular weight excluding hydrogens is 298 g/mol. The number of amides is 1. The molecule has 1 N–H and O–H groups in total. The molecular formula is C20H35NOSi. The lowest BCUT2D eigenvalue weighted by atomic mass is 10.1. The first-order valence-corrected chi connectivity index (χ1v) is 12.4. The lowest BCUT2D eigenvalue weighted by molar-refractivity contribution is -0.116. The fraction of sp³-hybridized carbons (Fsp3) is 0.650. The van der Waals surface area contributed by atoms with Gasteiger partial charge in [-0.15, -0.1) is 11.5 Å². The topological polar surface area (TPSA) is 29.1 Å². The summed E-state index contributed by atoms with van der Waals surface area (Å²) in [6, 6.07) is 0. The molecule has 0 aromatic carbocycles. The van der Waals surface area contributed by atoms with Crippen LogP contribution in [0.2, 0.25) is 19.6 Å². The molecule has 0 unspecified atom stereocenters. The van der Waals surface area contributed by atoms with Gasteiger partial charge >= 0.3 is 0 Å². The second kappa shape index (κ2) is 13.2. The van der Waals surface area contributed by atoms with E-state index in [9.17, 15) is 4.79 Å². The molecule has 0 aromatic rings. The van der Waals surface area contributed by atoms with Gasteiger partial charge in [-0.25, -0.2) is 0 Å². The molecule has 0 saturated carbocycles. The van der Waals surface area contributed by atoms with Crippen molar-refractivity contribution in [3.8, 4) is 11.5 Å². The Bertz CT molecular complexity index is 433. The largest absolute Gasteiger partial charge is 0.352 e. The van der Waals surface area contributed by atoms with Gasteiger partial charge in [0.1, 0.15) is 8.07 Å². The van der Waals surface area contributed by atoms with E-state index in [1.165, 1.54) is 25.7 Å². The molecule has 130 valence electrons. The van der Waals surface area contributed by atoms with Gasteiger partial charge in [0.25, 0.3) is 0 Å². The van der Waals surface area contributed by atoms with Gasteiger partial charge < -0.3 is 5.32 Å². The third-order valence-corrected chi connectivity index (χ3v) is 3.99. The first kappa shape index (κ1) is 21.7. The summed E-state index contributed by atoms with van der Waals surface area (Å²) in [6.07, 6.45) is 14.6. The minimum atomic E-state index is -1.18. The van der Waals surface area contributed by atoms with Gasteiger partial charge in [0.15, 0.2) is 0 Å². The molecule has 0 fully saturated rings. The Morgan fingerprint density at radius 1 is 1.09 bits per heavy atom. The quantitative estimate of drug-likeness (QED) is 0.195. The zero-order valence-corrected chi connectivity index (χ0v) is 16.7. The molecule has 0 aliphatic heterocycles. The Labute approximate surface area is 144 Å². The average molecular weight is 334 g/mol. The predicted molar refractivity (Wildman–Crippen MR) is 105 cm³/mol. The second-order valence-electron chi connectivity index (χ2n) is 7.43. The van der Waals surface area contributed by atoms with Crippen molar-refractivity contribution in [3.63, 3.8) is 0 Å². The highest BCUT2D eigenvalue weighted by Gasteiger charge is 2.06. The van der Waals surface area contributed by atoms with Crippen LogP contribution in [0.15, 0.2) is 24.3 Å². The van der Waals surface area contributed by atoms with E-state index in [1.807, 2.05) is 12.2 Å². The zero-order valence-electron chi connectivity index (χ0n) is 15.7. The van der Waals surface area contributed by atoms with Crippen molar-refractivity contribution in [3.05, 3.63) is 24.3 Å². The molecule has 0 aliphatic rings. The third-order valence-electron chi connectivity index (χ3n) is 3.07. The molecule has 0 heterocycles. The molecule has 0 aromatic heterocycles. The molecule has 0 rings (SSSR count). The standard InChI is InChI=1S/C20H35NOSi/c1-19(2)18-21-20(22)16-14-12-10-8-6-7-9-11-13-15-17-23(3,4)5/h10,12,14,16,19H,6-9,11,13,18H2,1-5H3,(H,21,22). The Morgan fingerprint density at radius 3 is 2.43 bits per heavy atom. The summed E-state index contributed by atoms with van der Waals surface area (Å²) in [6.45, 7) is 11.8. The lowest BCUT2D eigenvalue weighted by Crippen LogP contribution is -2.25. The normalized spacial score (nSPS) is 11.9. The van der Waals surface area contributed by atoms with Gasteiger partial charge in [-0.3, -0.25) is 4.79 Å². The molecule has 1 amide bonds. The summed E-state index contributed by atoms with van der Waals surface area (Å²) < 4.78 is 0. The van der Waals surface area contributed by atoms with Crippen LogP contribution in [-0.4, -0.2) is 20.5 Å². The fourth-order valence-electron chi connectivity index (χ4n) is 1.84. The summed E-state index contributed by atoms with van der Waals surface area (Å²) in [5.74, 6) is 3.80. The number of hydrogen-bond donors (Lipinski definition) is 1. The SMILES string of the molecule is CC(C)CNC(=O)C=CC=CCCCCCCC#C[Si](C)(C)C. The fourth-order valence-corrected chi connectivity index (χ4v) is 2.49. The molecule has 0 atom stereocenters. The van der Waals surface area contributed by atoms with Crippen LogP contribution in [0.4, 0.5) is 0 Å². The molecule has 0 saturated heterocycles. The third kappa shape index (κ3) is 18.7.